The molecule has 1 amide bonds. The molecule has 0 aliphatic carbocycles. The third kappa shape index (κ3) is 5.05. The van der Waals surface area contributed by atoms with Crippen LogP contribution in [0, 0.1) is 0 Å². The van der Waals surface area contributed by atoms with Gasteiger partial charge in [-0.3, -0.25) is 9.59 Å². The van der Waals surface area contributed by atoms with Crippen molar-refractivity contribution in [3.63, 3.8) is 0 Å². The van der Waals surface area contributed by atoms with E-state index in [4.69, 9.17) is 25.8 Å². The van der Waals surface area contributed by atoms with Crippen molar-refractivity contribution in [1.29, 1.82) is 0 Å². The van der Waals surface area contributed by atoms with E-state index in [1.807, 2.05) is 18.2 Å². The van der Waals surface area contributed by atoms with E-state index in [0.717, 1.165) is 0 Å². The third-order valence-electron chi connectivity index (χ3n) is 4.44. The molecular weight excluding hydrogens is 418 g/mol. The minimum atomic E-state index is -0.476. The molecule has 0 fully saturated rings. The number of amides is 1. The summed E-state index contributed by atoms with van der Waals surface area (Å²) in [7, 11) is 0. The van der Waals surface area contributed by atoms with Crippen LogP contribution in [0.1, 0.15) is 15.9 Å². The predicted octanol–water partition coefficient (Wildman–Crippen LogP) is 5.19. The van der Waals surface area contributed by atoms with Gasteiger partial charge in [0.25, 0.3) is 5.91 Å². The van der Waals surface area contributed by atoms with E-state index in [0.29, 0.717) is 46.5 Å². The summed E-state index contributed by atoms with van der Waals surface area (Å²) >= 11 is 6.09. The van der Waals surface area contributed by atoms with Gasteiger partial charge in [0.1, 0.15) is 25.2 Å². The molecule has 0 bridgehead atoms. The van der Waals surface area contributed by atoms with Crippen molar-refractivity contribution in [1.82, 2.24) is 0 Å². The largest absolute Gasteiger partial charge is 0.494 e. The van der Waals surface area contributed by atoms with Crippen molar-refractivity contribution in [3.8, 4) is 11.5 Å². The molecule has 6 nitrogen and oxygen atoms in total. The van der Waals surface area contributed by atoms with Gasteiger partial charge < -0.3 is 19.5 Å². The second kappa shape index (κ2) is 9.36. The van der Waals surface area contributed by atoms with Crippen LogP contribution >= 0.6 is 11.6 Å². The normalized spacial score (nSPS) is 12.7. The number of anilines is 1. The molecule has 1 aliphatic rings. The maximum absolute atomic E-state index is 12.5. The Hall–Kier alpha value is -3.77. The van der Waals surface area contributed by atoms with Crippen LogP contribution in [0.3, 0.4) is 0 Å². The molecule has 0 saturated heterocycles. The first-order valence-electron chi connectivity index (χ1n) is 9.53. The Morgan fingerprint density at radius 2 is 1.65 bits per heavy atom. The van der Waals surface area contributed by atoms with Gasteiger partial charge in [-0.1, -0.05) is 41.9 Å². The molecule has 0 aromatic heterocycles. The summed E-state index contributed by atoms with van der Waals surface area (Å²) in [6.45, 7) is 0.692. The summed E-state index contributed by atoms with van der Waals surface area (Å²) in [4.78, 5) is 25.0. The lowest BCUT2D eigenvalue weighted by Crippen LogP contribution is -2.21. The van der Waals surface area contributed by atoms with E-state index in [9.17, 15) is 9.59 Å². The number of hydrogen-bond acceptors (Lipinski definition) is 5. The van der Waals surface area contributed by atoms with Crippen LogP contribution in [0.25, 0.3) is 0 Å². The van der Waals surface area contributed by atoms with Crippen LogP contribution in [0.5, 0.6) is 11.5 Å². The first-order chi connectivity index (χ1) is 15.1. The molecule has 3 aromatic rings. The maximum atomic E-state index is 12.5. The number of carbonyl (C=O) groups is 2. The third-order valence-corrected chi connectivity index (χ3v) is 4.68. The zero-order valence-corrected chi connectivity index (χ0v) is 17.1. The Morgan fingerprint density at radius 3 is 2.35 bits per heavy atom. The van der Waals surface area contributed by atoms with E-state index in [-0.39, 0.29) is 11.5 Å². The number of benzene rings is 3. The van der Waals surface area contributed by atoms with E-state index in [1.165, 1.54) is 6.26 Å². The van der Waals surface area contributed by atoms with Crippen molar-refractivity contribution in [2.75, 3.05) is 18.5 Å². The topological polar surface area (TPSA) is 73.9 Å². The average Bonchev–Trinajstić information content (AvgIpc) is 2.82. The summed E-state index contributed by atoms with van der Waals surface area (Å²) in [6, 6.07) is 20.7. The quantitative estimate of drug-likeness (QED) is 0.539. The Balaban J connectivity index is 1.51. The Morgan fingerprint density at radius 1 is 0.903 bits per heavy atom. The second-order valence-corrected chi connectivity index (χ2v) is 7.05. The summed E-state index contributed by atoms with van der Waals surface area (Å²) < 4.78 is 16.3. The SMILES string of the molecule is O=C(Nc1cc(Cl)ccc1Oc1ccc(C(=O)c2ccccc2)cc1)C1=COCCO1. The molecule has 3 aromatic carbocycles. The number of hydrogen-bond donors (Lipinski definition) is 1. The van der Waals surface area contributed by atoms with Gasteiger partial charge in [-0.05, 0) is 42.5 Å². The highest BCUT2D eigenvalue weighted by molar-refractivity contribution is 6.31. The van der Waals surface area contributed by atoms with Gasteiger partial charge in [0.15, 0.2) is 11.5 Å². The summed E-state index contributed by atoms with van der Waals surface area (Å²) in [5.41, 5.74) is 1.53. The van der Waals surface area contributed by atoms with Crippen LogP contribution < -0.4 is 10.1 Å². The van der Waals surface area contributed by atoms with Gasteiger partial charge in [-0.15, -0.1) is 0 Å². The fourth-order valence-corrected chi connectivity index (χ4v) is 3.09. The van der Waals surface area contributed by atoms with E-state index < -0.39 is 5.91 Å². The molecule has 0 spiro atoms. The Bertz CT molecular complexity index is 1130. The van der Waals surface area contributed by atoms with Crippen molar-refractivity contribution < 1.29 is 23.8 Å². The molecule has 31 heavy (non-hydrogen) atoms. The molecule has 0 saturated carbocycles. The molecule has 1 N–H and O–H groups in total. The van der Waals surface area contributed by atoms with Gasteiger partial charge in [0.05, 0.1) is 5.69 Å². The van der Waals surface area contributed by atoms with Crippen molar-refractivity contribution in [2.45, 2.75) is 0 Å². The molecule has 0 atom stereocenters. The van der Waals surface area contributed by atoms with Crippen LogP contribution in [0.15, 0.2) is 84.8 Å². The minimum absolute atomic E-state index is 0.0703. The van der Waals surface area contributed by atoms with Crippen molar-refractivity contribution in [2.24, 2.45) is 0 Å². The first-order valence-corrected chi connectivity index (χ1v) is 9.91. The van der Waals surface area contributed by atoms with Gasteiger partial charge in [0, 0.05) is 16.1 Å². The van der Waals surface area contributed by atoms with Crippen LogP contribution in [0.4, 0.5) is 5.69 Å². The maximum Gasteiger partial charge on any atom is 0.294 e. The summed E-state index contributed by atoms with van der Waals surface area (Å²) in [5, 5.41) is 3.15. The summed E-state index contributed by atoms with van der Waals surface area (Å²) in [5.74, 6) is 0.405. The lowest BCUT2D eigenvalue weighted by Gasteiger charge is -2.17. The number of ketones is 1. The van der Waals surface area contributed by atoms with Crippen LogP contribution in [-0.4, -0.2) is 24.9 Å². The van der Waals surface area contributed by atoms with Gasteiger partial charge in [0.2, 0.25) is 5.76 Å². The molecule has 1 heterocycles. The zero-order chi connectivity index (χ0) is 21.6. The Labute approximate surface area is 184 Å². The fraction of sp³-hybridized carbons (Fsp3) is 0.0833. The Kier molecular flexibility index (Phi) is 6.19. The first kappa shape index (κ1) is 20.5. The van der Waals surface area contributed by atoms with Crippen molar-refractivity contribution in [3.05, 3.63) is 101 Å². The van der Waals surface area contributed by atoms with E-state index in [2.05, 4.69) is 5.32 Å². The molecule has 4 rings (SSSR count). The molecule has 7 heteroatoms. The lowest BCUT2D eigenvalue weighted by molar-refractivity contribution is -0.117. The average molecular weight is 436 g/mol. The van der Waals surface area contributed by atoms with Gasteiger partial charge in [-0.2, -0.15) is 0 Å². The molecule has 0 radical (unpaired) electrons. The highest BCUT2D eigenvalue weighted by atomic mass is 35.5. The van der Waals surface area contributed by atoms with Gasteiger partial charge >= 0.3 is 0 Å². The number of nitrogens with one attached hydrogen (secondary N) is 1. The molecule has 156 valence electrons. The minimum Gasteiger partial charge on any atom is -0.494 e. The number of ether oxygens (including phenoxy) is 3. The molecule has 0 unspecified atom stereocenters. The van der Waals surface area contributed by atoms with Gasteiger partial charge in [-0.25, -0.2) is 0 Å². The van der Waals surface area contributed by atoms with Crippen molar-refractivity contribution >= 4 is 29.0 Å². The fourth-order valence-electron chi connectivity index (χ4n) is 2.92. The number of rotatable bonds is 6. The second-order valence-electron chi connectivity index (χ2n) is 6.62. The highest BCUT2D eigenvalue weighted by Crippen LogP contribution is 2.32. The lowest BCUT2D eigenvalue weighted by atomic mass is 10.0. The highest BCUT2D eigenvalue weighted by Gasteiger charge is 2.18. The van der Waals surface area contributed by atoms with E-state index in [1.54, 1.807) is 54.6 Å². The number of carbonyl (C=O) groups excluding carboxylic acids is 2. The van der Waals surface area contributed by atoms with E-state index >= 15 is 0 Å². The zero-order valence-electron chi connectivity index (χ0n) is 16.3. The summed E-state index contributed by atoms with van der Waals surface area (Å²) in [6.07, 6.45) is 1.27. The smallest absolute Gasteiger partial charge is 0.294 e. The standard InChI is InChI=1S/C24H18ClNO5/c25-18-8-11-21(20(14-18)26-24(28)22-15-29-12-13-30-22)31-19-9-6-17(7-10-19)23(27)16-4-2-1-3-5-16/h1-11,14-15H,12-13H2,(H,26,28). The van der Waals surface area contributed by atoms with Crippen LogP contribution in [-0.2, 0) is 14.3 Å². The van der Waals surface area contributed by atoms with Crippen LogP contribution in [0.2, 0.25) is 5.02 Å². The molecule has 1 aliphatic heterocycles. The molecular formula is C24H18ClNO5. The number of halogens is 1. The monoisotopic (exact) mass is 435 g/mol. The predicted molar refractivity (Wildman–Crippen MR) is 116 cm³/mol.